The Balaban J connectivity index is 1.53. The first kappa shape index (κ1) is 20.2. The number of carbonyl (C=O) groups is 1. The summed E-state index contributed by atoms with van der Waals surface area (Å²) in [5, 5.41) is 0.692. The Morgan fingerprint density at radius 3 is 2.37 bits per heavy atom. The highest BCUT2D eigenvalue weighted by atomic mass is 35.5. The number of hydrogen-bond donors (Lipinski definition) is 0. The van der Waals surface area contributed by atoms with E-state index in [-0.39, 0.29) is 5.78 Å². The summed E-state index contributed by atoms with van der Waals surface area (Å²) in [6.45, 7) is 6.63. The lowest BCUT2D eigenvalue weighted by atomic mass is 10.0. The molecule has 1 heterocycles. The SMILES string of the molecule is Cc1c(OCc2ccc(Cl)cc2)ccc2c1O/C(=C\c1ccc(C(C)C)cc1)C2=O. The standard InChI is InChI=1S/C26H23ClO3/c1-16(2)20-8-4-18(5-9-20)14-24-25(28)22-12-13-23(17(3)26(22)30-24)29-15-19-6-10-21(27)11-7-19/h4-14,16H,15H2,1-3H3/b24-14-. The van der Waals surface area contributed by atoms with Crippen LogP contribution in [0.2, 0.25) is 5.02 Å². The Kier molecular flexibility index (Phi) is 5.65. The van der Waals surface area contributed by atoms with Gasteiger partial charge in [-0.05, 0) is 59.9 Å². The van der Waals surface area contributed by atoms with Crippen molar-refractivity contribution in [3.63, 3.8) is 0 Å². The topological polar surface area (TPSA) is 35.5 Å². The number of hydrogen-bond acceptors (Lipinski definition) is 3. The smallest absolute Gasteiger partial charge is 0.231 e. The van der Waals surface area contributed by atoms with Gasteiger partial charge in [-0.15, -0.1) is 0 Å². The largest absolute Gasteiger partial charge is 0.488 e. The number of allylic oxidation sites excluding steroid dienone is 1. The van der Waals surface area contributed by atoms with Crippen molar-refractivity contribution in [3.8, 4) is 11.5 Å². The molecule has 3 aromatic rings. The summed E-state index contributed by atoms with van der Waals surface area (Å²) < 4.78 is 11.9. The van der Waals surface area contributed by atoms with Crippen LogP contribution in [-0.4, -0.2) is 5.78 Å². The van der Waals surface area contributed by atoms with Crippen LogP contribution in [0.4, 0.5) is 0 Å². The number of halogens is 1. The van der Waals surface area contributed by atoms with Crippen LogP contribution >= 0.6 is 11.6 Å². The summed E-state index contributed by atoms with van der Waals surface area (Å²) in [7, 11) is 0. The molecule has 0 atom stereocenters. The van der Waals surface area contributed by atoms with Crippen LogP contribution in [0.25, 0.3) is 6.08 Å². The average molecular weight is 419 g/mol. The van der Waals surface area contributed by atoms with E-state index in [0.717, 1.165) is 16.7 Å². The van der Waals surface area contributed by atoms with E-state index < -0.39 is 0 Å². The van der Waals surface area contributed by atoms with Gasteiger partial charge in [-0.3, -0.25) is 4.79 Å². The third-order valence-corrected chi connectivity index (χ3v) is 5.50. The minimum atomic E-state index is -0.106. The monoisotopic (exact) mass is 418 g/mol. The molecule has 0 N–H and O–H groups in total. The molecule has 0 aliphatic carbocycles. The number of ether oxygens (including phenoxy) is 2. The highest BCUT2D eigenvalue weighted by Gasteiger charge is 2.30. The number of rotatable bonds is 5. The van der Waals surface area contributed by atoms with Crippen LogP contribution < -0.4 is 9.47 Å². The molecule has 1 aliphatic heterocycles. The molecule has 0 radical (unpaired) electrons. The Hall–Kier alpha value is -3.04. The van der Waals surface area contributed by atoms with Gasteiger partial charge in [0.1, 0.15) is 18.1 Å². The van der Waals surface area contributed by atoms with Gasteiger partial charge in [0.2, 0.25) is 5.78 Å². The Morgan fingerprint density at radius 1 is 1.00 bits per heavy atom. The maximum absolute atomic E-state index is 12.8. The van der Waals surface area contributed by atoms with Crippen molar-refractivity contribution < 1.29 is 14.3 Å². The van der Waals surface area contributed by atoms with Crippen LogP contribution in [0.3, 0.4) is 0 Å². The number of benzene rings is 3. The quantitative estimate of drug-likeness (QED) is 0.420. The molecule has 152 valence electrons. The predicted molar refractivity (Wildman–Crippen MR) is 120 cm³/mol. The van der Waals surface area contributed by atoms with Crippen LogP contribution in [0.15, 0.2) is 66.4 Å². The van der Waals surface area contributed by atoms with E-state index in [0.29, 0.717) is 40.4 Å². The number of Topliss-reactive ketones (excluding diaryl/α,β-unsaturated/α-hetero) is 1. The normalized spacial score (nSPS) is 14.2. The van der Waals surface area contributed by atoms with Crippen LogP contribution in [-0.2, 0) is 6.61 Å². The molecule has 30 heavy (non-hydrogen) atoms. The van der Waals surface area contributed by atoms with Crippen LogP contribution in [0.5, 0.6) is 11.5 Å². The molecule has 0 fully saturated rings. The van der Waals surface area contributed by atoms with E-state index in [2.05, 4.69) is 26.0 Å². The lowest BCUT2D eigenvalue weighted by molar-refractivity contribution is 0.101. The molecule has 3 aromatic carbocycles. The molecule has 1 aliphatic rings. The van der Waals surface area contributed by atoms with Crippen molar-refractivity contribution in [2.24, 2.45) is 0 Å². The van der Waals surface area contributed by atoms with E-state index in [1.54, 1.807) is 12.1 Å². The van der Waals surface area contributed by atoms with Gasteiger partial charge in [0, 0.05) is 10.6 Å². The zero-order chi connectivity index (χ0) is 21.3. The van der Waals surface area contributed by atoms with Gasteiger partial charge in [-0.1, -0.05) is 61.8 Å². The summed E-state index contributed by atoms with van der Waals surface area (Å²) in [6, 6.07) is 19.3. The lowest BCUT2D eigenvalue weighted by Gasteiger charge is -2.11. The summed E-state index contributed by atoms with van der Waals surface area (Å²) in [5.74, 6) is 1.96. The first-order valence-corrected chi connectivity index (χ1v) is 10.3. The van der Waals surface area contributed by atoms with Crippen molar-refractivity contribution in [3.05, 3.63) is 99.3 Å². The van der Waals surface area contributed by atoms with E-state index in [1.807, 2.05) is 49.4 Å². The third kappa shape index (κ3) is 4.12. The van der Waals surface area contributed by atoms with E-state index in [1.165, 1.54) is 5.56 Å². The van der Waals surface area contributed by atoms with Gasteiger partial charge in [-0.25, -0.2) is 0 Å². The second-order valence-electron chi connectivity index (χ2n) is 7.74. The van der Waals surface area contributed by atoms with Crippen LogP contribution in [0, 0.1) is 6.92 Å². The molecule has 0 amide bonds. The van der Waals surface area contributed by atoms with Gasteiger partial charge < -0.3 is 9.47 Å². The van der Waals surface area contributed by atoms with Crippen molar-refractivity contribution in [2.45, 2.75) is 33.3 Å². The predicted octanol–water partition coefficient (Wildman–Crippen LogP) is 6.97. The fourth-order valence-corrected chi connectivity index (χ4v) is 3.52. The molecule has 4 rings (SSSR count). The van der Waals surface area contributed by atoms with Crippen molar-refractivity contribution >= 4 is 23.5 Å². The minimum Gasteiger partial charge on any atom is -0.488 e. The van der Waals surface area contributed by atoms with Gasteiger partial charge in [0.15, 0.2) is 5.76 Å². The second kappa shape index (κ2) is 8.37. The van der Waals surface area contributed by atoms with E-state index in [4.69, 9.17) is 21.1 Å². The first-order valence-electron chi connectivity index (χ1n) is 9.97. The molecule has 4 heteroatoms. The summed E-state index contributed by atoms with van der Waals surface area (Å²) >= 11 is 5.93. The van der Waals surface area contributed by atoms with Gasteiger partial charge in [-0.2, -0.15) is 0 Å². The molecular formula is C26H23ClO3. The Bertz CT molecular complexity index is 1110. The Labute approximate surface area is 181 Å². The summed E-state index contributed by atoms with van der Waals surface area (Å²) in [5.41, 5.74) is 4.59. The molecule has 0 spiro atoms. The maximum Gasteiger partial charge on any atom is 0.231 e. The molecule has 0 saturated heterocycles. The second-order valence-corrected chi connectivity index (χ2v) is 8.18. The van der Waals surface area contributed by atoms with Gasteiger partial charge in [0.05, 0.1) is 5.56 Å². The molecule has 3 nitrogen and oxygen atoms in total. The zero-order valence-corrected chi connectivity index (χ0v) is 18.0. The number of ketones is 1. The molecule has 0 bridgehead atoms. The molecule has 0 unspecified atom stereocenters. The number of carbonyl (C=O) groups excluding carboxylic acids is 1. The third-order valence-electron chi connectivity index (χ3n) is 5.25. The average Bonchev–Trinajstić information content (AvgIpc) is 3.05. The zero-order valence-electron chi connectivity index (χ0n) is 17.2. The highest BCUT2D eigenvalue weighted by Crippen LogP contribution is 2.39. The van der Waals surface area contributed by atoms with Crippen molar-refractivity contribution in [1.29, 1.82) is 0 Å². The molecule has 0 saturated carbocycles. The van der Waals surface area contributed by atoms with E-state index >= 15 is 0 Å². The van der Waals surface area contributed by atoms with Crippen molar-refractivity contribution in [1.82, 2.24) is 0 Å². The molecular weight excluding hydrogens is 396 g/mol. The minimum absolute atomic E-state index is 0.106. The maximum atomic E-state index is 12.8. The van der Waals surface area contributed by atoms with Crippen LogP contribution in [0.1, 0.15) is 52.4 Å². The fourth-order valence-electron chi connectivity index (χ4n) is 3.39. The fraction of sp³-hybridized carbons (Fsp3) is 0.192. The first-order chi connectivity index (χ1) is 14.4. The highest BCUT2D eigenvalue weighted by molar-refractivity contribution is 6.30. The number of fused-ring (bicyclic) bond motifs is 1. The summed E-state index contributed by atoms with van der Waals surface area (Å²) in [6.07, 6.45) is 1.79. The Morgan fingerprint density at radius 2 is 1.70 bits per heavy atom. The van der Waals surface area contributed by atoms with Gasteiger partial charge in [0.25, 0.3) is 0 Å². The van der Waals surface area contributed by atoms with E-state index in [9.17, 15) is 4.79 Å². The molecule has 0 aromatic heterocycles. The van der Waals surface area contributed by atoms with Crippen molar-refractivity contribution in [2.75, 3.05) is 0 Å². The van der Waals surface area contributed by atoms with Gasteiger partial charge >= 0.3 is 0 Å². The summed E-state index contributed by atoms with van der Waals surface area (Å²) in [4.78, 5) is 12.8. The lowest BCUT2D eigenvalue weighted by Crippen LogP contribution is -1.98.